The van der Waals surface area contributed by atoms with E-state index in [1.807, 2.05) is 12.3 Å². The lowest BCUT2D eigenvalue weighted by Gasteiger charge is -2.40. The van der Waals surface area contributed by atoms with Crippen LogP contribution in [0.5, 0.6) is 0 Å². The maximum atomic E-state index is 4.77. The van der Waals surface area contributed by atoms with E-state index in [-0.39, 0.29) is 5.41 Å². The topological polar surface area (TPSA) is 28.2 Å². The summed E-state index contributed by atoms with van der Waals surface area (Å²) in [5.74, 6) is 0.868. The van der Waals surface area contributed by atoms with Crippen LogP contribution in [0.15, 0.2) is 48.7 Å². The first-order valence-electron chi connectivity index (χ1n) is 9.04. The van der Waals surface area contributed by atoms with Crippen molar-refractivity contribution in [3.8, 4) is 0 Å². The maximum absolute atomic E-state index is 4.77. The quantitative estimate of drug-likeness (QED) is 0.885. The molecule has 1 aromatic carbocycles. The van der Waals surface area contributed by atoms with E-state index in [9.17, 15) is 0 Å². The van der Waals surface area contributed by atoms with Gasteiger partial charge >= 0.3 is 0 Å². The lowest BCUT2D eigenvalue weighted by atomic mass is 9.72. The van der Waals surface area contributed by atoms with E-state index in [2.05, 4.69) is 74.3 Å². The summed E-state index contributed by atoms with van der Waals surface area (Å²) in [4.78, 5) is 7.43. The van der Waals surface area contributed by atoms with Gasteiger partial charge in [0.2, 0.25) is 0 Å². The van der Waals surface area contributed by atoms with Gasteiger partial charge in [0, 0.05) is 24.1 Å². The molecule has 3 nitrogen and oxygen atoms in total. The molecule has 0 saturated carbocycles. The number of nitrogens with one attached hydrogen (secondary N) is 1. The third kappa shape index (κ3) is 2.26. The van der Waals surface area contributed by atoms with Crippen molar-refractivity contribution < 1.29 is 0 Å². The SMILES string of the molecule is CCN1C2Nc3cccnc3C2C(c2ccccc2)C1C(C)(C)C. The third-order valence-electron chi connectivity index (χ3n) is 5.68. The summed E-state index contributed by atoms with van der Waals surface area (Å²) in [6, 6.07) is 15.7. The second kappa shape index (κ2) is 5.59. The van der Waals surface area contributed by atoms with Gasteiger partial charge in [0.05, 0.1) is 17.5 Å². The number of aromatic nitrogens is 1. The Labute approximate surface area is 145 Å². The van der Waals surface area contributed by atoms with E-state index in [1.165, 1.54) is 16.9 Å². The number of anilines is 1. The molecule has 3 heteroatoms. The van der Waals surface area contributed by atoms with E-state index in [4.69, 9.17) is 4.98 Å². The minimum Gasteiger partial charge on any atom is -0.367 e. The Kier molecular flexibility index (Phi) is 3.65. The number of hydrogen-bond acceptors (Lipinski definition) is 3. The largest absolute Gasteiger partial charge is 0.367 e. The Balaban J connectivity index is 1.88. The van der Waals surface area contributed by atoms with Crippen molar-refractivity contribution in [2.24, 2.45) is 5.41 Å². The summed E-state index contributed by atoms with van der Waals surface area (Å²) in [5.41, 5.74) is 4.08. The molecule has 126 valence electrons. The molecule has 24 heavy (non-hydrogen) atoms. The molecule has 0 radical (unpaired) electrons. The van der Waals surface area contributed by atoms with Gasteiger partial charge in [-0.15, -0.1) is 0 Å². The average Bonchev–Trinajstić information content (AvgIpc) is 3.09. The Morgan fingerprint density at radius 2 is 1.79 bits per heavy atom. The lowest BCUT2D eigenvalue weighted by Crippen LogP contribution is -2.46. The number of pyridine rings is 1. The van der Waals surface area contributed by atoms with E-state index in [1.54, 1.807) is 0 Å². The standard InChI is InChI=1S/C21H27N3/c1-5-24-19(21(2,3)4)16(14-10-7-6-8-11-14)17-18-15(23-20(17)24)12-9-13-22-18/h6-13,16-17,19-20,23H,5H2,1-4H3. The second-order valence-corrected chi connectivity index (χ2v) is 8.13. The molecule has 2 aliphatic heterocycles. The first kappa shape index (κ1) is 15.6. The normalized spacial score (nSPS) is 29.2. The molecule has 1 N–H and O–H groups in total. The Hall–Kier alpha value is -1.87. The molecule has 1 saturated heterocycles. The maximum Gasteiger partial charge on any atom is 0.0889 e. The summed E-state index contributed by atoms with van der Waals surface area (Å²) in [6.45, 7) is 10.4. The molecule has 1 fully saturated rings. The predicted octanol–water partition coefficient (Wildman–Crippen LogP) is 4.45. The molecular weight excluding hydrogens is 294 g/mol. The van der Waals surface area contributed by atoms with Crippen molar-refractivity contribution in [1.29, 1.82) is 0 Å². The lowest BCUT2D eigenvalue weighted by molar-refractivity contribution is 0.114. The molecule has 4 atom stereocenters. The number of rotatable bonds is 2. The van der Waals surface area contributed by atoms with E-state index < -0.39 is 0 Å². The van der Waals surface area contributed by atoms with Gasteiger partial charge in [-0.25, -0.2) is 0 Å². The first-order valence-corrected chi connectivity index (χ1v) is 9.04. The zero-order valence-corrected chi connectivity index (χ0v) is 15.0. The molecular formula is C21H27N3. The minimum absolute atomic E-state index is 0.206. The fourth-order valence-electron chi connectivity index (χ4n) is 4.93. The molecule has 0 amide bonds. The van der Waals surface area contributed by atoms with E-state index in [0.29, 0.717) is 24.0 Å². The van der Waals surface area contributed by atoms with Crippen LogP contribution in [0, 0.1) is 5.41 Å². The van der Waals surface area contributed by atoms with Gasteiger partial charge in [-0.2, -0.15) is 0 Å². The van der Waals surface area contributed by atoms with Gasteiger partial charge in [-0.05, 0) is 29.7 Å². The minimum atomic E-state index is 0.206. The first-order chi connectivity index (χ1) is 11.5. The summed E-state index contributed by atoms with van der Waals surface area (Å²) >= 11 is 0. The Morgan fingerprint density at radius 1 is 1.04 bits per heavy atom. The van der Waals surface area contributed by atoms with Gasteiger partial charge in [0.25, 0.3) is 0 Å². The van der Waals surface area contributed by atoms with Crippen LogP contribution in [0.3, 0.4) is 0 Å². The monoisotopic (exact) mass is 321 g/mol. The second-order valence-electron chi connectivity index (χ2n) is 8.13. The van der Waals surface area contributed by atoms with E-state index >= 15 is 0 Å². The van der Waals surface area contributed by atoms with Gasteiger partial charge < -0.3 is 5.32 Å². The number of nitrogens with zero attached hydrogens (tertiary/aromatic N) is 2. The fraction of sp³-hybridized carbons (Fsp3) is 0.476. The Morgan fingerprint density at radius 3 is 2.46 bits per heavy atom. The van der Waals surface area contributed by atoms with Gasteiger partial charge in [0.1, 0.15) is 0 Å². The van der Waals surface area contributed by atoms with Gasteiger partial charge in [-0.3, -0.25) is 9.88 Å². The van der Waals surface area contributed by atoms with Crippen LogP contribution in [-0.2, 0) is 0 Å². The molecule has 4 unspecified atom stereocenters. The average molecular weight is 321 g/mol. The number of likely N-dealkylation sites (N-methyl/N-ethyl adjacent to an activating group) is 1. The van der Waals surface area contributed by atoms with Crippen molar-refractivity contribution in [2.45, 2.75) is 51.7 Å². The van der Waals surface area contributed by atoms with Crippen LogP contribution in [0.1, 0.15) is 50.8 Å². The third-order valence-corrected chi connectivity index (χ3v) is 5.68. The molecule has 3 heterocycles. The molecule has 1 aromatic heterocycles. The smallest absolute Gasteiger partial charge is 0.0889 e. The van der Waals surface area contributed by atoms with E-state index in [0.717, 1.165) is 6.54 Å². The van der Waals surface area contributed by atoms with Crippen molar-refractivity contribution in [1.82, 2.24) is 9.88 Å². The van der Waals surface area contributed by atoms with Crippen molar-refractivity contribution in [3.63, 3.8) is 0 Å². The highest BCUT2D eigenvalue weighted by molar-refractivity contribution is 5.58. The highest BCUT2D eigenvalue weighted by Gasteiger charge is 2.56. The van der Waals surface area contributed by atoms with Crippen LogP contribution in [-0.4, -0.2) is 28.6 Å². The predicted molar refractivity (Wildman–Crippen MR) is 99.2 cm³/mol. The number of likely N-dealkylation sites (tertiary alicyclic amines) is 1. The van der Waals surface area contributed by atoms with Crippen molar-refractivity contribution in [2.75, 3.05) is 11.9 Å². The Bertz CT molecular complexity index is 719. The molecule has 2 aromatic rings. The number of fused-ring (bicyclic) bond motifs is 3. The molecule has 0 spiro atoms. The highest BCUT2D eigenvalue weighted by atomic mass is 15.3. The molecule has 4 rings (SSSR count). The number of hydrogen-bond donors (Lipinski definition) is 1. The number of benzene rings is 1. The molecule has 0 aliphatic carbocycles. The fourth-order valence-corrected chi connectivity index (χ4v) is 4.93. The van der Waals surface area contributed by atoms with Gasteiger partial charge in [-0.1, -0.05) is 58.0 Å². The summed E-state index contributed by atoms with van der Waals surface area (Å²) in [6.07, 6.45) is 2.28. The van der Waals surface area contributed by atoms with Crippen LogP contribution >= 0.6 is 0 Å². The summed E-state index contributed by atoms with van der Waals surface area (Å²) in [7, 11) is 0. The summed E-state index contributed by atoms with van der Waals surface area (Å²) in [5, 5.41) is 3.76. The van der Waals surface area contributed by atoms with Crippen molar-refractivity contribution >= 4 is 5.69 Å². The molecule has 0 bridgehead atoms. The van der Waals surface area contributed by atoms with Crippen LogP contribution < -0.4 is 5.32 Å². The van der Waals surface area contributed by atoms with Crippen LogP contribution in [0.2, 0.25) is 0 Å². The molecule has 2 aliphatic rings. The van der Waals surface area contributed by atoms with Crippen molar-refractivity contribution in [3.05, 3.63) is 59.9 Å². The van der Waals surface area contributed by atoms with Crippen LogP contribution in [0.4, 0.5) is 5.69 Å². The highest BCUT2D eigenvalue weighted by Crippen LogP contribution is 2.56. The zero-order valence-electron chi connectivity index (χ0n) is 15.0. The van der Waals surface area contributed by atoms with Gasteiger partial charge in [0.15, 0.2) is 0 Å². The summed E-state index contributed by atoms with van der Waals surface area (Å²) < 4.78 is 0. The zero-order chi connectivity index (χ0) is 16.9. The van der Waals surface area contributed by atoms with Crippen LogP contribution in [0.25, 0.3) is 0 Å².